The van der Waals surface area contributed by atoms with Gasteiger partial charge in [0.15, 0.2) is 0 Å². The molecule has 0 radical (unpaired) electrons. The van der Waals surface area contributed by atoms with E-state index in [9.17, 15) is 5.11 Å². The van der Waals surface area contributed by atoms with E-state index in [1.165, 1.54) is 11.3 Å². The van der Waals surface area contributed by atoms with Gasteiger partial charge in [-0.3, -0.25) is 4.68 Å². The summed E-state index contributed by atoms with van der Waals surface area (Å²) in [6.45, 7) is 4.61. The van der Waals surface area contributed by atoms with Crippen molar-refractivity contribution in [3.8, 4) is 0 Å². The molecule has 0 aromatic carbocycles. The lowest BCUT2D eigenvalue weighted by atomic mass is 10.1. The number of hydrogen-bond acceptors (Lipinski definition) is 4. The number of halogens is 1. The minimum atomic E-state index is -0.625. The molecule has 1 N–H and O–H groups in total. The second-order valence-electron chi connectivity index (χ2n) is 3.80. The Kier molecular flexibility index (Phi) is 3.81. The Labute approximate surface area is 109 Å². The van der Waals surface area contributed by atoms with E-state index in [1.807, 2.05) is 23.9 Å². The highest BCUT2D eigenvalue weighted by molar-refractivity contribution is 7.07. The summed E-state index contributed by atoms with van der Waals surface area (Å²) in [4.78, 5) is 4.10. The van der Waals surface area contributed by atoms with Gasteiger partial charge in [0, 0.05) is 18.3 Å². The van der Waals surface area contributed by atoms with Crippen LogP contribution in [0.1, 0.15) is 30.1 Å². The zero-order valence-electron chi connectivity index (χ0n) is 9.72. The standard InChI is InChI=1S/C11H14ClN3OS/c1-3-15-9(11(12)7(2)14-15)4-10(16)8-5-17-6-13-8/h5-6,10,16H,3-4H2,1-2H3. The van der Waals surface area contributed by atoms with Crippen LogP contribution in [0.2, 0.25) is 5.02 Å². The lowest BCUT2D eigenvalue weighted by Crippen LogP contribution is -2.09. The molecule has 0 bridgehead atoms. The van der Waals surface area contributed by atoms with Crippen LogP contribution in [0.15, 0.2) is 10.9 Å². The zero-order chi connectivity index (χ0) is 12.4. The van der Waals surface area contributed by atoms with E-state index in [1.54, 1.807) is 5.51 Å². The number of nitrogens with zero attached hydrogens (tertiary/aromatic N) is 3. The Morgan fingerprint density at radius 2 is 2.35 bits per heavy atom. The van der Waals surface area contributed by atoms with E-state index in [4.69, 9.17) is 11.6 Å². The van der Waals surface area contributed by atoms with Crippen LogP contribution in [-0.2, 0) is 13.0 Å². The molecular formula is C11H14ClN3OS. The first-order valence-electron chi connectivity index (χ1n) is 5.41. The Morgan fingerprint density at radius 3 is 2.94 bits per heavy atom. The van der Waals surface area contributed by atoms with Crippen LogP contribution in [0.25, 0.3) is 0 Å². The summed E-state index contributed by atoms with van der Waals surface area (Å²) < 4.78 is 1.83. The molecule has 1 atom stereocenters. The highest BCUT2D eigenvalue weighted by atomic mass is 35.5. The molecule has 0 saturated heterocycles. The second kappa shape index (κ2) is 5.16. The highest BCUT2D eigenvalue weighted by Crippen LogP contribution is 2.25. The van der Waals surface area contributed by atoms with E-state index in [0.717, 1.165) is 17.9 Å². The molecule has 2 aromatic rings. The van der Waals surface area contributed by atoms with Gasteiger partial charge in [0.05, 0.1) is 27.6 Å². The molecule has 17 heavy (non-hydrogen) atoms. The third-order valence-electron chi connectivity index (χ3n) is 2.63. The third kappa shape index (κ3) is 2.51. The largest absolute Gasteiger partial charge is 0.386 e. The van der Waals surface area contributed by atoms with Crippen molar-refractivity contribution in [2.75, 3.05) is 0 Å². The predicted molar refractivity (Wildman–Crippen MR) is 68.4 cm³/mol. The van der Waals surface area contributed by atoms with Gasteiger partial charge < -0.3 is 5.11 Å². The van der Waals surface area contributed by atoms with Gasteiger partial charge in [-0.1, -0.05) is 11.6 Å². The molecule has 6 heteroatoms. The molecule has 0 amide bonds. The van der Waals surface area contributed by atoms with Crippen LogP contribution in [0.4, 0.5) is 0 Å². The van der Waals surface area contributed by atoms with Crippen LogP contribution in [-0.4, -0.2) is 19.9 Å². The average molecular weight is 272 g/mol. The van der Waals surface area contributed by atoms with Crippen molar-refractivity contribution < 1.29 is 5.11 Å². The first-order valence-corrected chi connectivity index (χ1v) is 6.73. The molecule has 0 fully saturated rings. The highest BCUT2D eigenvalue weighted by Gasteiger charge is 2.18. The molecule has 0 aliphatic heterocycles. The molecule has 2 rings (SSSR count). The normalized spacial score (nSPS) is 12.9. The maximum absolute atomic E-state index is 10.1. The summed E-state index contributed by atoms with van der Waals surface area (Å²) in [6, 6.07) is 0. The van der Waals surface area contributed by atoms with Crippen molar-refractivity contribution in [3.05, 3.63) is 33.0 Å². The molecule has 0 aliphatic rings. The van der Waals surface area contributed by atoms with Crippen LogP contribution in [0.5, 0.6) is 0 Å². The van der Waals surface area contributed by atoms with Crippen LogP contribution < -0.4 is 0 Å². The maximum atomic E-state index is 10.1. The van der Waals surface area contributed by atoms with E-state index >= 15 is 0 Å². The molecule has 4 nitrogen and oxygen atoms in total. The summed E-state index contributed by atoms with van der Waals surface area (Å²) in [5.74, 6) is 0. The fourth-order valence-corrected chi connectivity index (χ4v) is 2.55. The number of aliphatic hydroxyl groups is 1. The van der Waals surface area contributed by atoms with E-state index < -0.39 is 6.10 Å². The summed E-state index contributed by atoms with van der Waals surface area (Å²) in [5.41, 5.74) is 4.07. The monoisotopic (exact) mass is 271 g/mol. The van der Waals surface area contributed by atoms with Crippen molar-refractivity contribution in [2.45, 2.75) is 32.9 Å². The minimum absolute atomic E-state index is 0.442. The first-order chi connectivity index (χ1) is 8.13. The Bertz CT molecular complexity index is 495. The summed E-state index contributed by atoms with van der Waals surface area (Å²) in [5, 5.41) is 16.9. The number of hydrogen-bond donors (Lipinski definition) is 1. The van der Waals surface area contributed by atoms with Crippen molar-refractivity contribution in [1.82, 2.24) is 14.8 Å². The molecular weight excluding hydrogens is 258 g/mol. The number of aromatic nitrogens is 3. The van der Waals surface area contributed by atoms with Crippen LogP contribution in [0, 0.1) is 6.92 Å². The summed E-state index contributed by atoms with van der Waals surface area (Å²) >= 11 is 7.66. The molecule has 0 saturated carbocycles. The van der Waals surface area contributed by atoms with Gasteiger partial charge in [-0.25, -0.2) is 4.98 Å². The maximum Gasteiger partial charge on any atom is 0.102 e. The van der Waals surface area contributed by atoms with Crippen molar-refractivity contribution in [3.63, 3.8) is 0 Å². The molecule has 0 aliphatic carbocycles. The molecule has 1 unspecified atom stereocenters. The topological polar surface area (TPSA) is 50.9 Å². The Hall–Kier alpha value is -0.910. The van der Waals surface area contributed by atoms with Crippen molar-refractivity contribution in [1.29, 1.82) is 0 Å². The van der Waals surface area contributed by atoms with Gasteiger partial charge in [-0.15, -0.1) is 11.3 Å². The van der Waals surface area contributed by atoms with Crippen LogP contribution in [0.3, 0.4) is 0 Å². The lowest BCUT2D eigenvalue weighted by Gasteiger charge is -2.09. The number of rotatable bonds is 4. The smallest absolute Gasteiger partial charge is 0.102 e. The number of aliphatic hydroxyl groups excluding tert-OH is 1. The van der Waals surface area contributed by atoms with Crippen molar-refractivity contribution in [2.24, 2.45) is 0 Å². The number of thiazole rings is 1. The lowest BCUT2D eigenvalue weighted by molar-refractivity contribution is 0.171. The van der Waals surface area contributed by atoms with Gasteiger partial charge in [0.2, 0.25) is 0 Å². The fraction of sp³-hybridized carbons (Fsp3) is 0.455. The van der Waals surface area contributed by atoms with E-state index in [0.29, 0.717) is 17.1 Å². The average Bonchev–Trinajstić information content (AvgIpc) is 2.92. The zero-order valence-corrected chi connectivity index (χ0v) is 11.3. The Balaban J connectivity index is 2.24. The number of aryl methyl sites for hydroxylation is 2. The third-order valence-corrected chi connectivity index (χ3v) is 3.73. The summed E-state index contributed by atoms with van der Waals surface area (Å²) in [6.07, 6.45) is -0.183. The van der Waals surface area contributed by atoms with Gasteiger partial charge in [0.25, 0.3) is 0 Å². The van der Waals surface area contributed by atoms with Crippen molar-refractivity contribution >= 4 is 22.9 Å². The fourth-order valence-electron chi connectivity index (χ4n) is 1.74. The van der Waals surface area contributed by atoms with Gasteiger partial charge in [-0.05, 0) is 13.8 Å². The SMILES string of the molecule is CCn1nc(C)c(Cl)c1CC(O)c1cscn1. The molecule has 92 valence electrons. The summed E-state index contributed by atoms with van der Waals surface area (Å²) in [7, 11) is 0. The van der Waals surface area contributed by atoms with Crippen LogP contribution >= 0.6 is 22.9 Å². The molecule has 0 spiro atoms. The molecule has 2 heterocycles. The van der Waals surface area contributed by atoms with Gasteiger partial charge in [-0.2, -0.15) is 5.10 Å². The van der Waals surface area contributed by atoms with E-state index in [2.05, 4.69) is 10.1 Å². The first kappa shape index (κ1) is 12.5. The second-order valence-corrected chi connectivity index (χ2v) is 4.89. The van der Waals surface area contributed by atoms with E-state index in [-0.39, 0.29) is 0 Å². The minimum Gasteiger partial charge on any atom is -0.386 e. The van der Waals surface area contributed by atoms with Gasteiger partial charge >= 0.3 is 0 Å². The quantitative estimate of drug-likeness (QED) is 0.930. The Morgan fingerprint density at radius 1 is 1.59 bits per heavy atom. The van der Waals surface area contributed by atoms with Gasteiger partial charge in [0.1, 0.15) is 6.10 Å². The predicted octanol–water partition coefficient (Wildman–Crippen LogP) is 2.60. The molecule has 2 aromatic heterocycles.